The third-order valence-corrected chi connectivity index (χ3v) is 1.86. The molecule has 1 rings (SSSR count). The molecule has 1 atom stereocenters. The molecule has 0 radical (unpaired) electrons. The third-order valence-electron chi connectivity index (χ3n) is 1.86. The third kappa shape index (κ3) is 2.82. The highest BCUT2D eigenvalue weighted by Gasteiger charge is 2.20. The van der Waals surface area contributed by atoms with E-state index in [1.165, 1.54) is 6.92 Å². The van der Waals surface area contributed by atoms with E-state index in [9.17, 15) is 17.6 Å². The monoisotopic (exact) mass is 238 g/mol. The fraction of sp³-hybridized carbons (Fsp3) is 0.444. The van der Waals surface area contributed by atoms with Crippen LogP contribution in [0.15, 0.2) is 0 Å². The summed E-state index contributed by atoms with van der Waals surface area (Å²) in [6, 6.07) is 0. The number of aliphatic hydroxyl groups is 1. The smallest absolute Gasteiger partial charge is 0.253 e. The summed E-state index contributed by atoms with van der Waals surface area (Å²) in [6.45, 7) is 1.45. The Labute approximate surface area is 89.1 Å². The van der Waals surface area contributed by atoms with Gasteiger partial charge in [0.2, 0.25) is 11.6 Å². The maximum Gasteiger partial charge on any atom is 0.253 e. The van der Waals surface area contributed by atoms with Gasteiger partial charge in [-0.3, -0.25) is 0 Å². The molecule has 3 nitrogen and oxygen atoms in total. The minimum Gasteiger partial charge on any atom is -0.393 e. The van der Waals surface area contributed by atoms with Gasteiger partial charge in [-0.1, -0.05) is 0 Å². The van der Waals surface area contributed by atoms with Crippen molar-refractivity contribution in [1.82, 2.24) is 4.98 Å². The highest BCUT2D eigenvalue weighted by molar-refractivity contribution is 5.45. The average molecular weight is 238 g/mol. The summed E-state index contributed by atoms with van der Waals surface area (Å²) >= 11 is 0. The summed E-state index contributed by atoms with van der Waals surface area (Å²) in [5.74, 6) is -6.58. The van der Waals surface area contributed by atoms with Gasteiger partial charge in [0, 0.05) is 6.54 Å². The number of nitrogens with zero attached hydrogens (tertiary/aromatic N) is 1. The lowest BCUT2D eigenvalue weighted by Gasteiger charge is -2.10. The zero-order valence-corrected chi connectivity index (χ0v) is 8.40. The molecule has 0 amide bonds. The standard InChI is InChI=1S/C9H10F4N2O/c1-4(16)2-3-14-7-5(10)8(12)15-9(13)6(7)11/h4,16H,2-3H2,1H3,(H,14,15). The van der Waals surface area contributed by atoms with E-state index in [4.69, 9.17) is 5.11 Å². The predicted molar refractivity (Wildman–Crippen MR) is 48.9 cm³/mol. The van der Waals surface area contributed by atoms with Crippen molar-refractivity contribution in [2.45, 2.75) is 19.4 Å². The predicted octanol–water partition coefficient (Wildman–Crippen LogP) is 1.82. The van der Waals surface area contributed by atoms with E-state index in [0.29, 0.717) is 0 Å². The summed E-state index contributed by atoms with van der Waals surface area (Å²) in [6.07, 6.45) is -0.500. The minimum absolute atomic E-state index is 0.0194. The number of halogens is 4. The van der Waals surface area contributed by atoms with Crippen LogP contribution in [0.2, 0.25) is 0 Å². The molecule has 1 aromatic heterocycles. The number of rotatable bonds is 4. The first-order valence-electron chi connectivity index (χ1n) is 4.55. The lowest BCUT2D eigenvalue weighted by molar-refractivity contribution is 0.188. The van der Waals surface area contributed by atoms with Crippen LogP contribution in [-0.4, -0.2) is 22.7 Å². The van der Waals surface area contributed by atoms with E-state index in [2.05, 4.69) is 10.3 Å². The van der Waals surface area contributed by atoms with Gasteiger partial charge in [-0.2, -0.15) is 22.5 Å². The molecule has 1 unspecified atom stereocenters. The first-order valence-corrected chi connectivity index (χ1v) is 4.55. The molecule has 1 heterocycles. The number of aliphatic hydroxyl groups excluding tert-OH is 1. The van der Waals surface area contributed by atoms with Crippen molar-refractivity contribution < 1.29 is 22.7 Å². The van der Waals surface area contributed by atoms with E-state index >= 15 is 0 Å². The molecule has 0 spiro atoms. The Morgan fingerprint density at radius 3 is 2.12 bits per heavy atom. The van der Waals surface area contributed by atoms with E-state index in [1.807, 2.05) is 0 Å². The Bertz CT molecular complexity index is 358. The van der Waals surface area contributed by atoms with E-state index in [-0.39, 0.29) is 13.0 Å². The largest absolute Gasteiger partial charge is 0.393 e. The zero-order valence-electron chi connectivity index (χ0n) is 8.40. The molecule has 0 saturated heterocycles. The molecular formula is C9H10F4N2O. The Balaban J connectivity index is 2.86. The van der Waals surface area contributed by atoms with Crippen molar-refractivity contribution >= 4 is 5.69 Å². The first-order chi connectivity index (χ1) is 7.43. The SMILES string of the molecule is CC(O)CCNc1c(F)c(F)nc(F)c1F. The lowest BCUT2D eigenvalue weighted by Crippen LogP contribution is -2.14. The van der Waals surface area contributed by atoms with Crippen LogP contribution in [-0.2, 0) is 0 Å². The quantitative estimate of drug-likeness (QED) is 0.621. The second-order valence-corrected chi connectivity index (χ2v) is 3.26. The van der Waals surface area contributed by atoms with Gasteiger partial charge in [0.25, 0.3) is 11.9 Å². The van der Waals surface area contributed by atoms with Gasteiger partial charge in [-0.25, -0.2) is 0 Å². The van der Waals surface area contributed by atoms with Gasteiger partial charge >= 0.3 is 0 Å². The van der Waals surface area contributed by atoms with Crippen LogP contribution in [0.25, 0.3) is 0 Å². The molecule has 90 valence electrons. The molecule has 0 bridgehead atoms. The van der Waals surface area contributed by atoms with Crippen molar-refractivity contribution in [2.75, 3.05) is 11.9 Å². The van der Waals surface area contributed by atoms with Crippen LogP contribution in [0.4, 0.5) is 23.2 Å². The maximum atomic E-state index is 13.0. The molecule has 0 fully saturated rings. The number of aromatic nitrogens is 1. The maximum absolute atomic E-state index is 13.0. The van der Waals surface area contributed by atoms with E-state index in [0.717, 1.165) is 0 Å². The molecule has 0 aliphatic heterocycles. The van der Waals surface area contributed by atoms with Crippen LogP contribution < -0.4 is 5.32 Å². The number of hydrogen-bond acceptors (Lipinski definition) is 3. The fourth-order valence-electron chi connectivity index (χ4n) is 1.05. The Morgan fingerprint density at radius 1 is 1.19 bits per heavy atom. The van der Waals surface area contributed by atoms with E-state index < -0.39 is 35.3 Å². The molecule has 0 aromatic carbocycles. The molecule has 0 aliphatic rings. The van der Waals surface area contributed by atoms with Crippen LogP contribution in [0, 0.1) is 23.5 Å². The van der Waals surface area contributed by atoms with Crippen molar-refractivity contribution in [1.29, 1.82) is 0 Å². The summed E-state index contributed by atoms with van der Waals surface area (Å²) < 4.78 is 51.2. The Morgan fingerprint density at radius 2 is 1.69 bits per heavy atom. The average Bonchev–Trinajstić information content (AvgIpc) is 2.20. The zero-order chi connectivity index (χ0) is 12.3. The van der Waals surface area contributed by atoms with Crippen LogP contribution in [0.1, 0.15) is 13.3 Å². The Kier molecular flexibility index (Phi) is 4.05. The highest BCUT2D eigenvalue weighted by atomic mass is 19.2. The van der Waals surface area contributed by atoms with Gasteiger partial charge in [-0.15, -0.1) is 0 Å². The molecule has 0 saturated carbocycles. The minimum atomic E-state index is -1.71. The molecule has 1 aromatic rings. The molecule has 0 aliphatic carbocycles. The van der Waals surface area contributed by atoms with E-state index in [1.54, 1.807) is 0 Å². The van der Waals surface area contributed by atoms with Crippen LogP contribution >= 0.6 is 0 Å². The summed E-state index contributed by atoms with van der Waals surface area (Å²) in [7, 11) is 0. The lowest BCUT2D eigenvalue weighted by atomic mass is 10.2. The van der Waals surface area contributed by atoms with Gasteiger partial charge in [0.15, 0.2) is 0 Å². The van der Waals surface area contributed by atoms with Crippen LogP contribution in [0.5, 0.6) is 0 Å². The summed E-state index contributed by atoms with van der Waals surface area (Å²) in [5, 5.41) is 11.1. The molecular weight excluding hydrogens is 228 g/mol. The number of nitrogens with one attached hydrogen (secondary N) is 1. The topological polar surface area (TPSA) is 45.1 Å². The fourth-order valence-corrected chi connectivity index (χ4v) is 1.05. The van der Waals surface area contributed by atoms with Gasteiger partial charge in [0.05, 0.1) is 6.10 Å². The second kappa shape index (κ2) is 5.11. The van der Waals surface area contributed by atoms with Gasteiger partial charge in [-0.05, 0) is 13.3 Å². The second-order valence-electron chi connectivity index (χ2n) is 3.26. The van der Waals surface area contributed by atoms with Gasteiger partial charge < -0.3 is 10.4 Å². The molecule has 7 heteroatoms. The summed E-state index contributed by atoms with van der Waals surface area (Å²) in [4.78, 5) is 2.40. The normalized spacial score (nSPS) is 12.6. The van der Waals surface area contributed by atoms with Crippen molar-refractivity contribution in [3.63, 3.8) is 0 Å². The van der Waals surface area contributed by atoms with Gasteiger partial charge in [0.1, 0.15) is 5.69 Å². The summed E-state index contributed by atoms with van der Waals surface area (Å²) in [5.41, 5.74) is -0.911. The first kappa shape index (κ1) is 12.7. The van der Waals surface area contributed by atoms with Crippen LogP contribution in [0.3, 0.4) is 0 Å². The number of anilines is 1. The van der Waals surface area contributed by atoms with Crippen molar-refractivity contribution in [3.8, 4) is 0 Å². The van der Waals surface area contributed by atoms with Crippen molar-refractivity contribution in [2.24, 2.45) is 0 Å². The molecule has 2 N–H and O–H groups in total. The number of pyridine rings is 1. The molecule has 16 heavy (non-hydrogen) atoms. The Hall–Kier alpha value is -1.37. The van der Waals surface area contributed by atoms with Crippen molar-refractivity contribution in [3.05, 3.63) is 23.5 Å². The highest BCUT2D eigenvalue weighted by Crippen LogP contribution is 2.21. The number of hydrogen-bond donors (Lipinski definition) is 2.